The monoisotopic (exact) mass is 344 g/mol. The van der Waals surface area contributed by atoms with Gasteiger partial charge < -0.3 is 4.98 Å². The average molecular weight is 345 g/mol. The second-order valence-electron chi connectivity index (χ2n) is 4.48. The van der Waals surface area contributed by atoms with E-state index in [2.05, 4.69) is 19.9 Å². The lowest BCUT2D eigenvalue weighted by molar-refractivity contribution is 0.602. The molecule has 6 nitrogen and oxygen atoms in total. The van der Waals surface area contributed by atoms with Gasteiger partial charge in [0.15, 0.2) is 0 Å². The highest BCUT2D eigenvalue weighted by Gasteiger charge is 2.21. The number of hydrogen-bond donors (Lipinski definition) is 3. The Kier molecular flexibility index (Phi) is 3.35. The van der Waals surface area contributed by atoms with Gasteiger partial charge in [0.25, 0.3) is 10.0 Å². The molecule has 0 saturated carbocycles. The summed E-state index contributed by atoms with van der Waals surface area (Å²) in [5, 5.41) is 7.56. The van der Waals surface area contributed by atoms with Crippen LogP contribution in [-0.4, -0.2) is 23.6 Å². The maximum absolute atomic E-state index is 12.5. The van der Waals surface area contributed by atoms with Crippen molar-refractivity contribution >= 4 is 49.8 Å². The third-order valence-corrected chi connectivity index (χ3v) is 5.18. The van der Waals surface area contributed by atoms with Gasteiger partial charge in [-0.3, -0.25) is 9.82 Å². The lowest BCUT2D eigenvalue weighted by Crippen LogP contribution is -2.12. The van der Waals surface area contributed by atoms with Crippen molar-refractivity contribution in [3.63, 3.8) is 0 Å². The molecule has 0 fully saturated rings. The van der Waals surface area contributed by atoms with Gasteiger partial charge in [-0.05, 0) is 19.1 Å². The highest BCUT2D eigenvalue weighted by atomic mass is 35.5. The lowest BCUT2D eigenvalue weighted by Gasteiger charge is -2.06. The Morgan fingerprint density at radius 3 is 2.62 bits per heavy atom. The Balaban J connectivity index is 2.11. The summed E-state index contributed by atoms with van der Waals surface area (Å²) >= 11 is 11.9. The molecule has 0 bridgehead atoms. The number of anilines is 1. The van der Waals surface area contributed by atoms with Crippen molar-refractivity contribution in [3.05, 3.63) is 40.3 Å². The van der Waals surface area contributed by atoms with Crippen molar-refractivity contribution in [1.82, 2.24) is 15.2 Å². The van der Waals surface area contributed by atoms with Crippen LogP contribution in [0.1, 0.15) is 5.69 Å². The summed E-state index contributed by atoms with van der Waals surface area (Å²) in [7, 11) is -3.76. The summed E-state index contributed by atoms with van der Waals surface area (Å²) in [5.41, 5.74) is 1.61. The first kappa shape index (κ1) is 14.2. The maximum atomic E-state index is 12.5. The Bertz CT molecular complexity index is 930. The standard InChI is InChI=1S/C12H10Cl2N4O2S/c1-6-11(4-16-17-6)18-21(19,20)12-5-15-10-3-9(14)8(13)2-7(10)12/h2-5,15,18H,1H3,(H,16,17). The quantitative estimate of drug-likeness (QED) is 0.680. The molecule has 0 radical (unpaired) electrons. The van der Waals surface area contributed by atoms with Crippen molar-refractivity contribution in [2.45, 2.75) is 11.8 Å². The van der Waals surface area contributed by atoms with Crippen LogP contribution in [-0.2, 0) is 10.0 Å². The van der Waals surface area contributed by atoms with E-state index in [1.807, 2.05) is 0 Å². The number of hydrogen-bond acceptors (Lipinski definition) is 3. The van der Waals surface area contributed by atoms with Crippen molar-refractivity contribution in [1.29, 1.82) is 0 Å². The SMILES string of the molecule is Cc1[nH]ncc1NS(=O)(=O)c1c[nH]c2cc(Cl)c(Cl)cc12. The first-order valence-corrected chi connectivity index (χ1v) is 8.11. The molecule has 0 atom stereocenters. The van der Waals surface area contributed by atoms with Crippen LogP contribution in [0, 0.1) is 6.92 Å². The summed E-state index contributed by atoms with van der Waals surface area (Å²) in [6, 6.07) is 3.11. The summed E-state index contributed by atoms with van der Waals surface area (Å²) < 4.78 is 27.4. The van der Waals surface area contributed by atoms with Crippen molar-refractivity contribution in [3.8, 4) is 0 Å². The Labute approximate surface area is 130 Å². The molecule has 2 heterocycles. The normalized spacial score (nSPS) is 12.0. The number of benzene rings is 1. The van der Waals surface area contributed by atoms with E-state index in [4.69, 9.17) is 23.2 Å². The number of aromatic nitrogens is 3. The van der Waals surface area contributed by atoms with Gasteiger partial charge in [-0.1, -0.05) is 23.2 Å². The van der Waals surface area contributed by atoms with E-state index in [1.165, 1.54) is 18.5 Å². The molecule has 3 rings (SSSR count). The number of fused-ring (bicyclic) bond motifs is 1. The number of aromatic amines is 2. The maximum Gasteiger partial charge on any atom is 0.264 e. The summed E-state index contributed by atoms with van der Waals surface area (Å²) in [6.07, 6.45) is 2.81. The molecule has 0 aliphatic carbocycles. The molecule has 1 aromatic carbocycles. The number of aryl methyl sites for hydroxylation is 1. The van der Waals surface area contributed by atoms with Gasteiger partial charge in [0.2, 0.25) is 0 Å². The van der Waals surface area contributed by atoms with Crippen molar-refractivity contribution < 1.29 is 8.42 Å². The number of sulfonamides is 1. The van der Waals surface area contributed by atoms with Gasteiger partial charge in [0.1, 0.15) is 4.90 Å². The number of H-pyrrole nitrogens is 2. The lowest BCUT2D eigenvalue weighted by atomic mass is 10.2. The van der Waals surface area contributed by atoms with Crippen LogP contribution < -0.4 is 4.72 Å². The zero-order valence-electron chi connectivity index (χ0n) is 10.7. The first-order chi connectivity index (χ1) is 9.88. The minimum absolute atomic E-state index is 0.0941. The van der Waals surface area contributed by atoms with Gasteiger partial charge >= 0.3 is 0 Å². The molecule has 0 aliphatic heterocycles. The zero-order chi connectivity index (χ0) is 15.2. The minimum atomic E-state index is -3.76. The number of nitrogens with one attached hydrogen (secondary N) is 3. The molecule has 0 amide bonds. The largest absolute Gasteiger partial charge is 0.360 e. The van der Waals surface area contributed by atoms with Crippen LogP contribution in [0.15, 0.2) is 29.4 Å². The van der Waals surface area contributed by atoms with E-state index in [1.54, 1.807) is 13.0 Å². The van der Waals surface area contributed by atoms with E-state index < -0.39 is 10.0 Å². The van der Waals surface area contributed by atoms with Crippen LogP contribution in [0.4, 0.5) is 5.69 Å². The van der Waals surface area contributed by atoms with Crippen LogP contribution in [0.2, 0.25) is 10.0 Å². The highest BCUT2D eigenvalue weighted by Crippen LogP contribution is 2.32. The third-order valence-electron chi connectivity index (χ3n) is 3.05. The second-order valence-corrected chi connectivity index (χ2v) is 6.94. The van der Waals surface area contributed by atoms with E-state index in [0.29, 0.717) is 32.3 Å². The summed E-state index contributed by atoms with van der Waals surface area (Å²) in [5.74, 6) is 0. The Morgan fingerprint density at radius 2 is 1.95 bits per heavy atom. The molecule has 21 heavy (non-hydrogen) atoms. The van der Waals surface area contributed by atoms with Gasteiger partial charge in [-0.15, -0.1) is 0 Å². The van der Waals surface area contributed by atoms with Gasteiger partial charge in [0, 0.05) is 17.1 Å². The molecule has 2 aromatic heterocycles. The van der Waals surface area contributed by atoms with E-state index in [-0.39, 0.29) is 4.90 Å². The molecule has 0 aliphatic rings. The highest BCUT2D eigenvalue weighted by molar-refractivity contribution is 7.93. The van der Waals surface area contributed by atoms with E-state index in [0.717, 1.165) is 0 Å². The summed E-state index contributed by atoms with van der Waals surface area (Å²) in [4.78, 5) is 2.96. The summed E-state index contributed by atoms with van der Waals surface area (Å²) in [6.45, 7) is 1.72. The molecule has 0 unspecified atom stereocenters. The van der Waals surface area contributed by atoms with Gasteiger partial charge in [0.05, 0.1) is 27.6 Å². The molecule has 3 aromatic rings. The van der Waals surface area contributed by atoms with E-state index >= 15 is 0 Å². The van der Waals surface area contributed by atoms with Crippen molar-refractivity contribution in [2.75, 3.05) is 4.72 Å². The van der Waals surface area contributed by atoms with Gasteiger partial charge in [-0.25, -0.2) is 8.42 Å². The molecule has 0 spiro atoms. The molecule has 110 valence electrons. The molecular formula is C12H10Cl2N4O2S. The predicted molar refractivity (Wildman–Crippen MR) is 82.5 cm³/mol. The van der Waals surface area contributed by atoms with Crippen LogP contribution >= 0.6 is 23.2 Å². The molecule has 0 saturated heterocycles. The third kappa shape index (κ3) is 2.48. The zero-order valence-corrected chi connectivity index (χ0v) is 13.1. The number of nitrogens with zero attached hydrogens (tertiary/aromatic N) is 1. The molecular weight excluding hydrogens is 335 g/mol. The fourth-order valence-electron chi connectivity index (χ4n) is 1.97. The second kappa shape index (κ2) is 4.94. The Morgan fingerprint density at radius 1 is 1.24 bits per heavy atom. The van der Waals surface area contributed by atoms with Gasteiger partial charge in [-0.2, -0.15) is 5.10 Å². The fraction of sp³-hybridized carbons (Fsp3) is 0.0833. The van der Waals surface area contributed by atoms with E-state index in [9.17, 15) is 8.42 Å². The molecule has 9 heteroatoms. The van der Waals surface area contributed by atoms with Crippen LogP contribution in [0.3, 0.4) is 0 Å². The minimum Gasteiger partial charge on any atom is -0.360 e. The Hall–Kier alpha value is -1.70. The smallest absolute Gasteiger partial charge is 0.264 e. The first-order valence-electron chi connectivity index (χ1n) is 5.87. The number of rotatable bonds is 3. The molecule has 3 N–H and O–H groups in total. The predicted octanol–water partition coefficient (Wildman–Crippen LogP) is 3.31. The van der Waals surface area contributed by atoms with Crippen LogP contribution in [0.5, 0.6) is 0 Å². The number of halogens is 2. The van der Waals surface area contributed by atoms with Crippen LogP contribution in [0.25, 0.3) is 10.9 Å². The van der Waals surface area contributed by atoms with Crippen molar-refractivity contribution in [2.24, 2.45) is 0 Å². The topological polar surface area (TPSA) is 90.6 Å². The fourth-order valence-corrected chi connectivity index (χ4v) is 3.57. The average Bonchev–Trinajstić information content (AvgIpc) is 2.97.